The topological polar surface area (TPSA) is 49.3 Å². The van der Waals surface area contributed by atoms with E-state index in [4.69, 9.17) is 5.21 Å². The van der Waals surface area contributed by atoms with E-state index in [1.807, 2.05) is 43.3 Å². The van der Waals surface area contributed by atoms with Crippen LogP contribution in [0.15, 0.2) is 66.3 Å². The molecular weight excluding hydrogens is 329 g/mol. The quantitative estimate of drug-likeness (QED) is 0.418. The van der Waals surface area contributed by atoms with Crippen LogP contribution in [0.5, 0.6) is 0 Å². The standard InChI is InChI=1S/C22H24FNO2/c1-15(14-22(25)24-26)20(16(2)18-8-5-4-6-9-18)13-12-19-10-7-11-21(23)17(19)3/h4-11,26H,2,12-14H2,1,3H3,(H,24,25)/b20-15+. The largest absolute Gasteiger partial charge is 0.289 e. The van der Waals surface area contributed by atoms with Crippen molar-refractivity contribution in [3.63, 3.8) is 0 Å². The molecule has 0 aliphatic carbocycles. The maximum atomic E-state index is 13.8. The molecule has 0 aliphatic heterocycles. The van der Waals surface area contributed by atoms with Gasteiger partial charge in [0.05, 0.1) is 6.42 Å². The zero-order chi connectivity index (χ0) is 19.1. The maximum Gasteiger partial charge on any atom is 0.247 e. The maximum absolute atomic E-state index is 13.8. The highest BCUT2D eigenvalue weighted by Gasteiger charge is 2.13. The van der Waals surface area contributed by atoms with E-state index in [2.05, 4.69) is 6.58 Å². The van der Waals surface area contributed by atoms with Crippen molar-refractivity contribution in [2.45, 2.75) is 33.1 Å². The van der Waals surface area contributed by atoms with Gasteiger partial charge in [0.15, 0.2) is 0 Å². The average Bonchev–Trinajstić information content (AvgIpc) is 2.65. The van der Waals surface area contributed by atoms with Gasteiger partial charge in [0.2, 0.25) is 5.91 Å². The van der Waals surface area contributed by atoms with Gasteiger partial charge in [0.1, 0.15) is 5.82 Å². The van der Waals surface area contributed by atoms with Crippen molar-refractivity contribution in [3.8, 4) is 0 Å². The van der Waals surface area contributed by atoms with Gasteiger partial charge in [-0.3, -0.25) is 10.0 Å². The number of aryl methyl sites for hydroxylation is 1. The van der Waals surface area contributed by atoms with Crippen molar-refractivity contribution in [2.24, 2.45) is 0 Å². The molecule has 0 aliphatic rings. The lowest BCUT2D eigenvalue weighted by Gasteiger charge is -2.16. The second-order valence-corrected chi connectivity index (χ2v) is 6.34. The Morgan fingerprint density at radius 2 is 1.85 bits per heavy atom. The van der Waals surface area contributed by atoms with E-state index in [1.54, 1.807) is 18.5 Å². The van der Waals surface area contributed by atoms with Gasteiger partial charge in [-0.2, -0.15) is 0 Å². The molecule has 0 heterocycles. The van der Waals surface area contributed by atoms with E-state index in [0.717, 1.165) is 27.8 Å². The fraction of sp³-hybridized carbons (Fsp3) is 0.227. The van der Waals surface area contributed by atoms with Crippen molar-refractivity contribution in [1.29, 1.82) is 0 Å². The summed E-state index contributed by atoms with van der Waals surface area (Å²) in [5, 5.41) is 8.81. The molecule has 3 nitrogen and oxygen atoms in total. The van der Waals surface area contributed by atoms with E-state index >= 15 is 0 Å². The third kappa shape index (κ3) is 4.90. The van der Waals surface area contributed by atoms with Gasteiger partial charge >= 0.3 is 0 Å². The van der Waals surface area contributed by atoms with Crippen LogP contribution in [0.2, 0.25) is 0 Å². The monoisotopic (exact) mass is 353 g/mol. The third-order valence-electron chi connectivity index (χ3n) is 4.58. The molecule has 136 valence electrons. The predicted molar refractivity (Wildman–Crippen MR) is 102 cm³/mol. The number of carbonyl (C=O) groups excluding carboxylic acids is 1. The van der Waals surface area contributed by atoms with Crippen LogP contribution in [-0.2, 0) is 11.2 Å². The number of rotatable bonds is 7. The first-order valence-corrected chi connectivity index (χ1v) is 8.54. The number of carbonyl (C=O) groups is 1. The second-order valence-electron chi connectivity index (χ2n) is 6.34. The van der Waals surface area contributed by atoms with Crippen molar-refractivity contribution >= 4 is 11.5 Å². The van der Waals surface area contributed by atoms with Crippen LogP contribution in [0.25, 0.3) is 5.57 Å². The van der Waals surface area contributed by atoms with Gasteiger partial charge in [-0.15, -0.1) is 0 Å². The Bertz CT molecular complexity index is 825. The number of hydrogen-bond acceptors (Lipinski definition) is 2. The summed E-state index contributed by atoms with van der Waals surface area (Å²) in [6.07, 6.45) is 1.35. The van der Waals surface area contributed by atoms with Crippen LogP contribution < -0.4 is 5.48 Å². The Labute approximate surface area is 153 Å². The molecule has 2 N–H and O–H groups in total. The minimum absolute atomic E-state index is 0.0832. The summed E-state index contributed by atoms with van der Waals surface area (Å²) in [4.78, 5) is 11.6. The first-order chi connectivity index (χ1) is 12.4. The van der Waals surface area contributed by atoms with Crippen molar-refractivity contribution in [1.82, 2.24) is 5.48 Å². The molecule has 0 spiro atoms. The minimum atomic E-state index is -0.470. The highest BCUT2D eigenvalue weighted by molar-refractivity contribution is 5.82. The summed E-state index contributed by atoms with van der Waals surface area (Å²) >= 11 is 0. The van der Waals surface area contributed by atoms with Crippen molar-refractivity contribution in [3.05, 3.63) is 88.8 Å². The average molecular weight is 353 g/mol. The van der Waals surface area contributed by atoms with Gasteiger partial charge in [-0.1, -0.05) is 54.6 Å². The van der Waals surface area contributed by atoms with Crippen LogP contribution in [0, 0.1) is 12.7 Å². The molecule has 0 saturated heterocycles. The summed E-state index contributed by atoms with van der Waals surface area (Å²) in [7, 11) is 0. The Hall–Kier alpha value is -2.72. The lowest BCUT2D eigenvalue weighted by Crippen LogP contribution is -2.18. The fourth-order valence-corrected chi connectivity index (χ4v) is 3.01. The molecule has 2 aromatic carbocycles. The van der Waals surface area contributed by atoms with E-state index in [-0.39, 0.29) is 12.2 Å². The van der Waals surface area contributed by atoms with Crippen molar-refractivity contribution < 1.29 is 14.4 Å². The number of allylic oxidation sites excluding steroid dienone is 2. The molecule has 0 atom stereocenters. The highest BCUT2D eigenvalue weighted by atomic mass is 19.1. The lowest BCUT2D eigenvalue weighted by atomic mass is 9.89. The molecule has 1 amide bonds. The number of benzene rings is 2. The first-order valence-electron chi connectivity index (χ1n) is 8.54. The molecule has 2 aromatic rings. The lowest BCUT2D eigenvalue weighted by molar-refractivity contribution is -0.128. The Kier molecular flexibility index (Phi) is 6.87. The summed E-state index contributed by atoms with van der Waals surface area (Å²) in [6, 6.07) is 14.8. The zero-order valence-corrected chi connectivity index (χ0v) is 15.2. The third-order valence-corrected chi connectivity index (χ3v) is 4.58. The second kappa shape index (κ2) is 9.11. The van der Waals surface area contributed by atoms with Crippen LogP contribution in [0.1, 0.15) is 36.5 Å². The summed E-state index contributed by atoms with van der Waals surface area (Å²) in [5.74, 6) is -0.686. The molecule has 26 heavy (non-hydrogen) atoms. The summed E-state index contributed by atoms with van der Waals surface area (Å²) < 4.78 is 13.8. The van der Waals surface area contributed by atoms with Gasteiger partial charge in [-0.05, 0) is 60.6 Å². The van der Waals surface area contributed by atoms with Gasteiger partial charge in [-0.25, -0.2) is 9.87 Å². The predicted octanol–water partition coefficient (Wildman–Crippen LogP) is 4.99. The van der Waals surface area contributed by atoms with E-state index in [9.17, 15) is 9.18 Å². The molecular formula is C22H24FNO2. The van der Waals surface area contributed by atoms with E-state index in [0.29, 0.717) is 18.4 Å². The molecule has 2 rings (SSSR count). The molecule has 0 bridgehead atoms. The number of hydroxylamine groups is 1. The number of halogens is 1. The van der Waals surface area contributed by atoms with Gasteiger partial charge in [0, 0.05) is 0 Å². The zero-order valence-electron chi connectivity index (χ0n) is 15.2. The van der Waals surface area contributed by atoms with Gasteiger partial charge < -0.3 is 0 Å². The molecule has 0 unspecified atom stereocenters. The van der Waals surface area contributed by atoms with Crippen LogP contribution >= 0.6 is 0 Å². The number of hydrogen-bond donors (Lipinski definition) is 2. The highest BCUT2D eigenvalue weighted by Crippen LogP contribution is 2.29. The van der Waals surface area contributed by atoms with Gasteiger partial charge in [0.25, 0.3) is 0 Å². The van der Waals surface area contributed by atoms with Crippen LogP contribution in [0.3, 0.4) is 0 Å². The molecule has 4 heteroatoms. The SMILES string of the molecule is C=C(/C(CCc1cccc(F)c1C)=C(\C)CC(=O)NO)c1ccccc1. The Morgan fingerprint density at radius 1 is 1.15 bits per heavy atom. The van der Waals surface area contributed by atoms with Crippen LogP contribution in [-0.4, -0.2) is 11.1 Å². The molecule has 0 saturated carbocycles. The summed E-state index contributed by atoms with van der Waals surface area (Å²) in [6.45, 7) is 7.83. The normalized spacial score (nSPS) is 11.7. The smallest absolute Gasteiger partial charge is 0.247 e. The molecule has 0 fully saturated rings. The minimum Gasteiger partial charge on any atom is -0.289 e. The molecule has 0 radical (unpaired) electrons. The number of amides is 1. The van der Waals surface area contributed by atoms with Crippen molar-refractivity contribution in [2.75, 3.05) is 0 Å². The summed E-state index contributed by atoms with van der Waals surface area (Å²) in [5.41, 5.74) is 6.83. The van der Waals surface area contributed by atoms with E-state index < -0.39 is 5.91 Å². The first kappa shape index (κ1) is 19.6. The number of nitrogens with one attached hydrogen (secondary N) is 1. The Morgan fingerprint density at radius 3 is 2.50 bits per heavy atom. The molecule has 0 aromatic heterocycles. The Balaban J connectivity index is 2.31. The van der Waals surface area contributed by atoms with Crippen LogP contribution in [0.4, 0.5) is 4.39 Å². The van der Waals surface area contributed by atoms with E-state index in [1.165, 1.54) is 6.07 Å². The fourth-order valence-electron chi connectivity index (χ4n) is 3.01.